The number of hydrogen-bond donors (Lipinski definition) is 2. The molecule has 4 heteroatoms. The van der Waals surface area contributed by atoms with Gasteiger partial charge in [0.15, 0.2) is 0 Å². The van der Waals surface area contributed by atoms with Crippen molar-refractivity contribution in [3.05, 3.63) is 0 Å². The number of nitrogens with zero attached hydrogens (tertiary/aromatic N) is 1. The minimum Gasteiger partial charge on any atom is -0.481 e. The van der Waals surface area contributed by atoms with E-state index >= 15 is 0 Å². The van der Waals surface area contributed by atoms with E-state index in [-0.39, 0.29) is 12.0 Å². The van der Waals surface area contributed by atoms with E-state index in [2.05, 4.69) is 4.90 Å². The molecule has 2 aliphatic rings. The summed E-state index contributed by atoms with van der Waals surface area (Å²) in [5.41, 5.74) is -0.618. The highest BCUT2D eigenvalue weighted by Gasteiger charge is 2.47. The fourth-order valence-electron chi connectivity index (χ4n) is 3.97. The molecule has 0 spiro atoms. The SMILES string of the molecule is CC(C)C1(C(=O)O)CCN(CC(O)CC2CCCC2)C1. The summed E-state index contributed by atoms with van der Waals surface area (Å²) >= 11 is 0. The number of rotatable bonds is 6. The van der Waals surface area contributed by atoms with Gasteiger partial charge in [0.25, 0.3) is 0 Å². The smallest absolute Gasteiger partial charge is 0.311 e. The van der Waals surface area contributed by atoms with Gasteiger partial charge in [0, 0.05) is 13.1 Å². The van der Waals surface area contributed by atoms with Crippen LogP contribution in [-0.4, -0.2) is 46.8 Å². The highest BCUT2D eigenvalue weighted by molar-refractivity contribution is 5.75. The van der Waals surface area contributed by atoms with Crippen LogP contribution in [0.5, 0.6) is 0 Å². The van der Waals surface area contributed by atoms with Gasteiger partial charge in [0.2, 0.25) is 0 Å². The lowest BCUT2D eigenvalue weighted by Crippen LogP contribution is -2.40. The van der Waals surface area contributed by atoms with E-state index in [9.17, 15) is 15.0 Å². The summed E-state index contributed by atoms with van der Waals surface area (Å²) in [5.74, 6) is 0.138. The molecule has 2 fully saturated rings. The first-order valence-electron chi connectivity index (χ1n) is 8.08. The van der Waals surface area contributed by atoms with Crippen LogP contribution in [0.1, 0.15) is 52.4 Å². The van der Waals surface area contributed by atoms with Crippen molar-refractivity contribution in [3.8, 4) is 0 Å². The summed E-state index contributed by atoms with van der Waals surface area (Å²) in [7, 11) is 0. The monoisotopic (exact) mass is 283 g/mol. The van der Waals surface area contributed by atoms with Gasteiger partial charge in [-0.3, -0.25) is 9.69 Å². The zero-order valence-electron chi connectivity index (χ0n) is 12.8. The van der Waals surface area contributed by atoms with Gasteiger partial charge in [-0.2, -0.15) is 0 Å². The molecule has 0 bridgehead atoms. The Labute approximate surface area is 122 Å². The first kappa shape index (κ1) is 15.8. The van der Waals surface area contributed by atoms with E-state index in [1.807, 2.05) is 13.8 Å². The predicted molar refractivity (Wildman–Crippen MR) is 78.5 cm³/mol. The molecule has 2 N–H and O–H groups in total. The first-order chi connectivity index (χ1) is 9.44. The number of likely N-dealkylation sites (tertiary alicyclic amines) is 1. The molecule has 1 saturated heterocycles. The molecule has 116 valence electrons. The molecule has 1 saturated carbocycles. The Morgan fingerprint density at radius 1 is 1.35 bits per heavy atom. The van der Waals surface area contributed by atoms with Gasteiger partial charge in [-0.25, -0.2) is 0 Å². The average molecular weight is 283 g/mol. The summed E-state index contributed by atoms with van der Waals surface area (Å²) in [6, 6.07) is 0. The highest BCUT2D eigenvalue weighted by atomic mass is 16.4. The lowest BCUT2D eigenvalue weighted by Gasteiger charge is -2.29. The molecule has 20 heavy (non-hydrogen) atoms. The molecule has 0 amide bonds. The number of aliphatic carboxylic acids is 1. The molecule has 0 aromatic rings. The standard InChI is InChI=1S/C16H29NO3/c1-12(2)16(15(19)20)7-8-17(11-16)10-14(18)9-13-5-3-4-6-13/h12-14,18H,3-11H2,1-2H3,(H,19,20). The van der Waals surface area contributed by atoms with Crippen molar-refractivity contribution in [2.75, 3.05) is 19.6 Å². The van der Waals surface area contributed by atoms with Crippen molar-refractivity contribution in [1.29, 1.82) is 0 Å². The van der Waals surface area contributed by atoms with E-state index in [0.717, 1.165) is 13.0 Å². The van der Waals surface area contributed by atoms with Gasteiger partial charge in [-0.1, -0.05) is 39.5 Å². The third-order valence-electron chi connectivity index (χ3n) is 5.46. The van der Waals surface area contributed by atoms with Crippen LogP contribution < -0.4 is 0 Å². The number of aliphatic hydroxyl groups is 1. The Bertz CT molecular complexity index is 339. The molecule has 2 atom stereocenters. The third kappa shape index (κ3) is 3.34. The van der Waals surface area contributed by atoms with Crippen molar-refractivity contribution in [2.45, 2.75) is 58.5 Å². The molecule has 0 radical (unpaired) electrons. The molecule has 1 aliphatic carbocycles. The fourth-order valence-corrected chi connectivity index (χ4v) is 3.97. The maximum absolute atomic E-state index is 11.6. The summed E-state index contributed by atoms with van der Waals surface area (Å²) in [6.45, 7) is 6.01. The number of hydrogen-bond acceptors (Lipinski definition) is 3. The van der Waals surface area contributed by atoms with Crippen LogP contribution in [0.25, 0.3) is 0 Å². The number of carboxylic acid groups (broad SMARTS) is 1. The maximum Gasteiger partial charge on any atom is 0.311 e. The van der Waals surface area contributed by atoms with Crippen molar-refractivity contribution in [3.63, 3.8) is 0 Å². The molecule has 2 unspecified atom stereocenters. The van der Waals surface area contributed by atoms with Crippen molar-refractivity contribution in [2.24, 2.45) is 17.3 Å². The Morgan fingerprint density at radius 3 is 2.50 bits per heavy atom. The number of aliphatic hydroxyl groups excluding tert-OH is 1. The fraction of sp³-hybridized carbons (Fsp3) is 0.938. The molecule has 1 heterocycles. The Balaban J connectivity index is 1.84. The normalized spacial score (nSPS) is 30.2. The molecule has 2 rings (SSSR count). The van der Waals surface area contributed by atoms with Crippen LogP contribution in [0.4, 0.5) is 0 Å². The second kappa shape index (κ2) is 6.44. The predicted octanol–water partition coefficient (Wildman–Crippen LogP) is 2.36. The minimum absolute atomic E-state index is 0.136. The van der Waals surface area contributed by atoms with Crippen LogP contribution >= 0.6 is 0 Å². The van der Waals surface area contributed by atoms with Gasteiger partial charge < -0.3 is 10.2 Å². The summed E-state index contributed by atoms with van der Waals surface area (Å²) in [5, 5.41) is 19.8. The first-order valence-corrected chi connectivity index (χ1v) is 8.08. The topological polar surface area (TPSA) is 60.8 Å². The Kier molecular flexibility index (Phi) is 5.08. The molecule has 4 nitrogen and oxygen atoms in total. The van der Waals surface area contributed by atoms with Crippen LogP contribution in [0.15, 0.2) is 0 Å². The van der Waals surface area contributed by atoms with Crippen LogP contribution in [-0.2, 0) is 4.79 Å². The van der Waals surface area contributed by atoms with E-state index in [1.165, 1.54) is 25.7 Å². The van der Waals surface area contributed by atoms with Gasteiger partial charge in [0.1, 0.15) is 0 Å². The van der Waals surface area contributed by atoms with Crippen LogP contribution in [0.2, 0.25) is 0 Å². The summed E-state index contributed by atoms with van der Waals surface area (Å²) in [6.07, 6.45) is 6.40. The summed E-state index contributed by atoms with van der Waals surface area (Å²) in [4.78, 5) is 13.7. The molecule has 0 aromatic carbocycles. The minimum atomic E-state index is -0.680. The molecule has 1 aliphatic heterocycles. The maximum atomic E-state index is 11.6. The second-order valence-electron chi connectivity index (χ2n) is 7.14. The van der Waals surface area contributed by atoms with Crippen molar-refractivity contribution >= 4 is 5.97 Å². The van der Waals surface area contributed by atoms with E-state index in [0.29, 0.717) is 25.4 Å². The molecule has 0 aromatic heterocycles. The Morgan fingerprint density at radius 2 is 2.00 bits per heavy atom. The Hall–Kier alpha value is -0.610. The lowest BCUT2D eigenvalue weighted by atomic mass is 9.76. The quantitative estimate of drug-likeness (QED) is 0.785. The van der Waals surface area contributed by atoms with Gasteiger partial charge in [-0.05, 0) is 31.2 Å². The highest BCUT2D eigenvalue weighted by Crippen LogP contribution is 2.38. The third-order valence-corrected chi connectivity index (χ3v) is 5.46. The number of β-amino-alcohol motifs (C(OH)–C–C–N with tert-alkyl or cyclic N) is 1. The van der Waals surface area contributed by atoms with E-state index in [1.54, 1.807) is 0 Å². The van der Waals surface area contributed by atoms with Crippen molar-refractivity contribution < 1.29 is 15.0 Å². The molecular weight excluding hydrogens is 254 g/mol. The summed E-state index contributed by atoms with van der Waals surface area (Å²) < 4.78 is 0. The number of carboxylic acids is 1. The van der Waals surface area contributed by atoms with Crippen LogP contribution in [0, 0.1) is 17.3 Å². The zero-order chi connectivity index (χ0) is 14.8. The lowest BCUT2D eigenvalue weighted by molar-refractivity contribution is -0.151. The van der Waals surface area contributed by atoms with Crippen molar-refractivity contribution in [1.82, 2.24) is 4.90 Å². The van der Waals surface area contributed by atoms with E-state index < -0.39 is 11.4 Å². The van der Waals surface area contributed by atoms with Gasteiger partial charge in [-0.15, -0.1) is 0 Å². The van der Waals surface area contributed by atoms with Crippen LogP contribution in [0.3, 0.4) is 0 Å². The average Bonchev–Trinajstić information content (AvgIpc) is 2.98. The number of carbonyl (C=O) groups is 1. The van der Waals surface area contributed by atoms with Gasteiger partial charge in [0.05, 0.1) is 11.5 Å². The zero-order valence-corrected chi connectivity index (χ0v) is 12.8. The molecular formula is C16H29NO3. The second-order valence-corrected chi connectivity index (χ2v) is 7.14. The van der Waals surface area contributed by atoms with E-state index in [4.69, 9.17) is 0 Å². The largest absolute Gasteiger partial charge is 0.481 e. The van der Waals surface area contributed by atoms with Gasteiger partial charge >= 0.3 is 5.97 Å².